The van der Waals surface area contributed by atoms with E-state index in [2.05, 4.69) is 87.1 Å². The first-order chi connectivity index (χ1) is 13.2. The summed E-state index contributed by atoms with van der Waals surface area (Å²) in [6, 6.07) is 21.2. The molecule has 2 heterocycles. The fraction of sp³-hybridized carbons (Fsp3) is 0.182. The molecule has 4 aromatic rings. The molecule has 5 nitrogen and oxygen atoms in total. The Balaban J connectivity index is 1.64. The lowest BCUT2D eigenvalue weighted by atomic mass is 10.1. The Labute approximate surface area is 158 Å². The number of anilines is 1. The van der Waals surface area contributed by atoms with Crippen molar-refractivity contribution in [1.82, 2.24) is 20.3 Å². The maximum Gasteiger partial charge on any atom is 0.143 e. The molecule has 2 aromatic heterocycles. The molecule has 0 amide bonds. The largest absolute Gasteiger partial charge is 0.363 e. The molecular weight excluding hydrogens is 334 g/mol. The van der Waals surface area contributed by atoms with Gasteiger partial charge in [0.15, 0.2) is 0 Å². The van der Waals surface area contributed by atoms with Crippen LogP contribution < -0.4 is 10.6 Å². The Bertz CT molecular complexity index is 1020. The van der Waals surface area contributed by atoms with Crippen LogP contribution in [0.15, 0.2) is 67.0 Å². The van der Waals surface area contributed by atoms with E-state index in [9.17, 15) is 0 Å². The molecule has 3 N–H and O–H groups in total. The highest BCUT2D eigenvalue weighted by Gasteiger charge is 2.12. The van der Waals surface area contributed by atoms with Crippen LogP contribution in [-0.2, 0) is 6.54 Å². The summed E-state index contributed by atoms with van der Waals surface area (Å²) in [6.45, 7) is 3.00. The number of H-pyrrole nitrogens is 1. The molecule has 5 heteroatoms. The summed E-state index contributed by atoms with van der Waals surface area (Å²) in [6.07, 6.45) is 1.60. The average molecular weight is 357 g/mol. The molecule has 0 bridgehead atoms. The molecule has 0 saturated heterocycles. The maximum absolute atomic E-state index is 4.47. The lowest BCUT2D eigenvalue weighted by Crippen LogP contribution is -2.08. The van der Waals surface area contributed by atoms with Crippen molar-refractivity contribution in [2.45, 2.75) is 19.5 Å². The molecule has 136 valence electrons. The number of rotatable bonds is 6. The Morgan fingerprint density at radius 1 is 1.00 bits per heavy atom. The van der Waals surface area contributed by atoms with E-state index < -0.39 is 0 Å². The summed E-state index contributed by atoms with van der Waals surface area (Å²) in [4.78, 5) is 12.3. The van der Waals surface area contributed by atoms with Gasteiger partial charge in [-0.05, 0) is 36.7 Å². The van der Waals surface area contributed by atoms with Gasteiger partial charge in [-0.25, -0.2) is 9.97 Å². The topological polar surface area (TPSA) is 65.6 Å². The Morgan fingerprint density at radius 2 is 1.78 bits per heavy atom. The molecule has 0 aliphatic heterocycles. The van der Waals surface area contributed by atoms with E-state index >= 15 is 0 Å². The van der Waals surface area contributed by atoms with Crippen LogP contribution in [0.2, 0.25) is 0 Å². The number of benzene rings is 2. The van der Waals surface area contributed by atoms with E-state index in [4.69, 9.17) is 0 Å². The fourth-order valence-corrected chi connectivity index (χ4v) is 3.25. The summed E-state index contributed by atoms with van der Waals surface area (Å²) in [5.74, 6) is 0.839. The number of nitrogens with one attached hydrogen (secondary N) is 3. The van der Waals surface area contributed by atoms with Crippen molar-refractivity contribution in [2.24, 2.45) is 0 Å². The van der Waals surface area contributed by atoms with Gasteiger partial charge in [0.25, 0.3) is 0 Å². The predicted molar refractivity (Wildman–Crippen MR) is 111 cm³/mol. The standard InChI is InChI=1S/C22H23N5/c1-15(17-6-4-3-5-7-17)26-21-19-12-20(27-22(19)25-14-24-21)18-10-8-16(9-11-18)13-23-2/h3-12,14-15,23H,13H2,1-2H3,(H2,24,25,26,27). The molecule has 0 radical (unpaired) electrons. The highest BCUT2D eigenvalue weighted by atomic mass is 15.1. The first-order valence-corrected chi connectivity index (χ1v) is 9.13. The van der Waals surface area contributed by atoms with Crippen LogP contribution in [0, 0.1) is 0 Å². The lowest BCUT2D eigenvalue weighted by Gasteiger charge is -2.15. The van der Waals surface area contributed by atoms with Gasteiger partial charge in [0.05, 0.1) is 5.39 Å². The second-order valence-electron chi connectivity index (χ2n) is 6.67. The second kappa shape index (κ2) is 7.60. The summed E-state index contributed by atoms with van der Waals surface area (Å²) >= 11 is 0. The van der Waals surface area contributed by atoms with Crippen molar-refractivity contribution < 1.29 is 0 Å². The summed E-state index contributed by atoms with van der Waals surface area (Å²) in [7, 11) is 1.95. The summed E-state index contributed by atoms with van der Waals surface area (Å²) < 4.78 is 0. The van der Waals surface area contributed by atoms with Gasteiger partial charge in [0, 0.05) is 18.3 Å². The minimum absolute atomic E-state index is 0.156. The number of hydrogen-bond donors (Lipinski definition) is 3. The monoisotopic (exact) mass is 357 g/mol. The van der Waals surface area contributed by atoms with E-state index in [0.717, 1.165) is 34.7 Å². The van der Waals surface area contributed by atoms with Crippen molar-refractivity contribution in [3.63, 3.8) is 0 Å². The minimum atomic E-state index is 0.156. The average Bonchev–Trinajstić information content (AvgIpc) is 3.15. The molecular formula is C22H23N5. The van der Waals surface area contributed by atoms with Crippen molar-refractivity contribution in [3.05, 3.63) is 78.1 Å². The Morgan fingerprint density at radius 3 is 2.52 bits per heavy atom. The zero-order valence-electron chi connectivity index (χ0n) is 15.5. The molecule has 0 aliphatic rings. The molecule has 0 fully saturated rings. The van der Waals surface area contributed by atoms with Crippen LogP contribution in [0.5, 0.6) is 0 Å². The van der Waals surface area contributed by atoms with E-state index in [1.807, 2.05) is 13.1 Å². The van der Waals surface area contributed by atoms with Crippen LogP contribution in [-0.4, -0.2) is 22.0 Å². The first kappa shape index (κ1) is 17.2. The van der Waals surface area contributed by atoms with Crippen LogP contribution >= 0.6 is 0 Å². The van der Waals surface area contributed by atoms with E-state index in [1.165, 1.54) is 11.1 Å². The van der Waals surface area contributed by atoms with E-state index in [1.54, 1.807) is 6.33 Å². The fourth-order valence-electron chi connectivity index (χ4n) is 3.25. The second-order valence-corrected chi connectivity index (χ2v) is 6.67. The highest BCUT2D eigenvalue weighted by Crippen LogP contribution is 2.29. The lowest BCUT2D eigenvalue weighted by molar-refractivity contribution is 0.818. The normalized spacial score (nSPS) is 12.2. The van der Waals surface area contributed by atoms with Crippen LogP contribution in [0.4, 0.5) is 5.82 Å². The van der Waals surface area contributed by atoms with Crippen molar-refractivity contribution in [3.8, 4) is 11.3 Å². The van der Waals surface area contributed by atoms with Crippen LogP contribution in [0.1, 0.15) is 24.1 Å². The molecule has 1 unspecified atom stereocenters. The van der Waals surface area contributed by atoms with E-state index in [-0.39, 0.29) is 6.04 Å². The Hall–Kier alpha value is -3.18. The highest BCUT2D eigenvalue weighted by molar-refractivity contribution is 5.91. The van der Waals surface area contributed by atoms with Gasteiger partial charge in [-0.15, -0.1) is 0 Å². The van der Waals surface area contributed by atoms with Gasteiger partial charge < -0.3 is 15.6 Å². The molecule has 2 aromatic carbocycles. The zero-order chi connectivity index (χ0) is 18.6. The van der Waals surface area contributed by atoms with Gasteiger partial charge in [0.1, 0.15) is 17.8 Å². The number of nitrogens with zero attached hydrogens (tertiary/aromatic N) is 2. The maximum atomic E-state index is 4.47. The molecule has 0 aliphatic carbocycles. The van der Waals surface area contributed by atoms with Gasteiger partial charge in [-0.2, -0.15) is 0 Å². The SMILES string of the molecule is CNCc1ccc(-c2cc3c(NC(C)c4ccccc4)ncnc3[nH]2)cc1. The minimum Gasteiger partial charge on any atom is -0.363 e. The summed E-state index contributed by atoms with van der Waals surface area (Å²) in [5.41, 5.74) is 5.49. The molecule has 4 rings (SSSR count). The first-order valence-electron chi connectivity index (χ1n) is 9.13. The molecule has 0 saturated carbocycles. The molecule has 0 spiro atoms. The van der Waals surface area contributed by atoms with E-state index in [0.29, 0.717) is 0 Å². The third-order valence-electron chi connectivity index (χ3n) is 4.72. The quantitative estimate of drug-likeness (QED) is 0.475. The third kappa shape index (κ3) is 3.68. The molecule has 27 heavy (non-hydrogen) atoms. The predicted octanol–water partition coefficient (Wildman–Crippen LogP) is 4.52. The number of aromatic amines is 1. The number of hydrogen-bond acceptors (Lipinski definition) is 4. The smallest absolute Gasteiger partial charge is 0.143 e. The van der Waals surface area contributed by atoms with Gasteiger partial charge in [0.2, 0.25) is 0 Å². The van der Waals surface area contributed by atoms with Gasteiger partial charge in [-0.1, -0.05) is 54.6 Å². The summed E-state index contributed by atoms with van der Waals surface area (Å²) in [5, 5.41) is 7.68. The van der Waals surface area contributed by atoms with Crippen molar-refractivity contribution in [1.29, 1.82) is 0 Å². The number of fused-ring (bicyclic) bond motifs is 1. The van der Waals surface area contributed by atoms with Crippen molar-refractivity contribution >= 4 is 16.9 Å². The number of aromatic nitrogens is 3. The van der Waals surface area contributed by atoms with Crippen LogP contribution in [0.25, 0.3) is 22.3 Å². The van der Waals surface area contributed by atoms with Crippen LogP contribution in [0.3, 0.4) is 0 Å². The van der Waals surface area contributed by atoms with Crippen molar-refractivity contribution in [2.75, 3.05) is 12.4 Å². The Kier molecular flexibility index (Phi) is 4.85. The van der Waals surface area contributed by atoms with Gasteiger partial charge in [-0.3, -0.25) is 0 Å². The van der Waals surface area contributed by atoms with Gasteiger partial charge >= 0.3 is 0 Å². The third-order valence-corrected chi connectivity index (χ3v) is 4.72. The zero-order valence-corrected chi connectivity index (χ0v) is 15.5. The molecule has 1 atom stereocenters.